The molecule has 0 spiro atoms. The first kappa shape index (κ1) is 20.1. The topological polar surface area (TPSA) is 64.6 Å². The molecule has 0 saturated heterocycles. The van der Waals surface area contributed by atoms with Gasteiger partial charge in [-0.05, 0) is 39.2 Å². The Bertz CT molecular complexity index is 631. The number of carbonyl (C=O) groups is 2. The van der Waals surface area contributed by atoms with Crippen molar-refractivity contribution in [3.63, 3.8) is 0 Å². The van der Waals surface area contributed by atoms with Crippen molar-refractivity contribution in [3.8, 4) is 0 Å². The van der Waals surface area contributed by atoms with Gasteiger partial charge in [0.05, 0.1) is 0 Å². The third kappa shape index (κ3) is 5.68. The number of alkyl halides is 2. The van der Waals surface area contributed by atoms with E-state index < -0.39 is 42.0 Å². The van der Waals surface area contributed by atoms with Crippen LogP contribution < -0.4 is 5.32 Å². The number of esters is 1. The van der Waals surface area contributed by atoms with E-state index >= 15 is 0 Å². The molecule has 0 radical (unpaired) electrons. The van der Waals surface area contributed by atoms with Gasteiger partial charge in [0.2, 0.25) is 5.92 Å². The number of hydrogen-bond acceptors (Lipinski definition) is 4. The second-order valence-corrected chi connectivity index (χ2v) is 7.63. The minimum atomic E-state index is -2.85. The first-order chi connectivity index (χ1) is 12.0. The third-order valence-corrected chi connectivity index (χ3v) is 4.18. The van der Waals surface area contributed by atoms with Gasteiger partial charge in [0, 0.05) is 12.8 Å². The van der Waals surface area contributed by atoms with E-state index in [1.807, 2.05) is 6.07 Å². The zero-order valence-corrected chi connectivity index (χ0v) is 15.3. The SMILES string of the molecule is CC(C)(C)OC(=O)NC1(C(=O)OCc2ccccc2)CCC(F)(F)CC1. The summed E-state index contributed by atoms with van der Waals surface area (Å²) in [7, 11) is 0. The molecule has 0 atom stereocenters. The van der Waals surface area contributed by atoms with Crippen LogP contribution in [0.25, 0.3) is 0 Å². The zero-order valence-electron chi connectivity index (χ0n) is 15.3. The summed E-state index contributed by atoms with van der Waals surface area (Å²) in [6.07, 6.45) is -2.22. The van der Waals surface area contributed by atoms with Gasteiger partial charge in [0.15, 0.2) is 0 Å². The van der Waals surface area contributed by atoms with Crippen LogP contribution in [-0.2, 0) is 20.9 Å². The Morgan fingerprint density at radius 1 is 1.08 bits per heavy atom. The fourth-order valence-electron chi connectivity index (χ4n) is 2.78. The number of rotatable bonds is 4. The lowest BCUT2D eigenvalue weighted by Crippen LogP contribution is -2.59. The van der Waals surface area contributed by atoms with Gasteiger partial charge in [-0.15, -0.1) is 0 Å². The summed E-state index contributed by atoms with van der Waals surface area (Å²) in [5.41, 5.74) is -1.49. The highest BCUT2D eigenvalue weighted by molar-refractivity contribution is 5.86. The van der Waals surface area contributed by atoms with Gasteiger partial charge in [-0.25, -0.2) is 18.4 Å². The van der Waals surface area contributed by atoms with Crippen molar-refractivity contribution in [2.45, 2.75) is 70.1 Å². The van der Waals surface area contributed by atoms with E-state index in [1.54, 1.807) is 45.0 Å². The van der Waals surface area contributed by atoms with Crippen LogP contribution in [-0.4, -0.2) is 29.1 Å². The fourth-order valence-corrected chi connectivity index (χ4v) is 2.78. The number of ether oxygens (including phenoxy) is 2. The van der Waals surface area contributed by atoms with Crippen molar-refractivity contribution in [2.75, 3.05) is 0 Å². The summed E-state index contributed by atoms with van der Waals surface area (Å²) in [6.45, 7) is 5.06. The van der Waals surface area contributed by atoms with Gasteiger partial charge >= 0.3 is 12.1 Å². The van der Waals surface area contributed by atoms with Crippen LogP contribution in [0.3, 0.4) is 0 Å². The first-order valence-electron chi connectivity index (χ1n) is 8.62. The number of halogens is 2. The highest BCUT2D eigenvalue weighted by Crippen LogP contribution is 2.39. The van der Waals surface area contributed by atoms with Gasteiger partial charge in [0.1, 0.15) is 17.7 Å². The molecule has 1 amide bonds. The van der Waals surface area contributed by atoms with E-state index in [2.05, 4.69) is 5.32 Å². The molecule has 0 bridgehead atoms. The van der Waals surface area contributed by atoms with Gasteiger partial charge in [0.25, 0.3) is 0 Å². The molecule has 0 heterocycles. The van der Waals surface area contributed by atoms with Crippen molar-refractivity contribution in [3.05, 3.63) is 35.9 Å². The number of amides is 1. The van der Waals surface area contributed by atoms with Gasteiger partial charge in [-0.2, -0.15) is 0 Å². The Kier molecular flexibility index (Phi) is 5.88. The molecule has 1 aromatic carbocycles. The normalized spacial score (nSPS) is 18.7. The predicted octanol–water partition coefficient (Wildman–Crippen LogP) is 4.20. The molecule has 5 nitrogen and oxygen atoms in total. The first-order valence-corrected chi connectivity index (χ1v) is 8.62. The molecule has 2 rings (SSSR count). The molecule has 0 aromatic heterocycles. The molecule has 1 N–H and O–H groups in total. The number of hydrogen-bond donors (Lipinski definition) is 1. The Morgan fingerprint density at radius 2 is 1.65 bits per heavy atom. The van der Waals surface area contributed by atoms with Crippen LogP contribution in [0.15, 0.2) is 30.3 Å². The molecule has 1 aliphatic carbocycles. The Morgan fingerprint density at radius 3 is 2.19 bits per heavy atom. The predicted molar refractivity (Wildman–Crippen MR) is 91.8 cm³/mol. The lowest BCUT2D eigenvalue weighted by Gasteiger charge is -2.38. The van der Waals surface area contributed by atoms with Crippen molar-refractivity contribution >= 4 is 12.1 Å². The Balaban J connectivity index is 2.09. The highest BCUT2D eigenvalue weighted by atomic mass is 19.3. The quantitative estimate of drug-likeness (QED) is 0.808. The summed E-state index contributed by atoms with van der Waals surface area (Å²) < 4.78 is 37.7. The number of nitrogens with one attached hydrogen (secondary N) is 1. The van der Waals surface area contributed by atoms with E-state index in [4.69, 9.17) is 9.47 Å². The van der Waals surface area contributed by atoms with E-state index in [-0.39, 0.29) is 19.4 Å². The molecular formula is C19H25F2NO4. The number of benzene rings is 1. The molecule has 1 saturated carbocycles. The average Bonchev–Trinajstić information content (AvgIpc) is 2.54. The second-order valence-electron chi connectivity index (χ2n) is 7.63. The zero-order chi connectivity index (χ0) is 19.4. The van der Waals surface area contributed by atoms with Gasteiger partial charge in [-0.1, -0.05) is 30.3 Å². The summed E-state index contributed by atoms with van der Waals surface area (Å²) >= 11 is 0. The molecular weight excluding hydrogens is 344 g/mol. The molecule has 1 aromatic rings. The molecule has 1 aliphatic rings. The van der Waals surface area contributed by atoms with Crippen molar-refractivity contribution in [2.24, 2.45) is 0 Å². The minimum absolute atomic E-state index is 0.00775. The molecule has 1 fully saturated rings. The fraction of sp³-hybridized carbons (Fsp3) is 0.579. The smallest absolute Gasteiger partial charge is 0.408 e. The van der Waals surface area contributed by atoms with Crippen LogP contribution >= 0.6 is 0 Å². The van der Waals surface area contributed by atoms with Crippen LogP contribution in [0.1, 0.15) is 52.0 Å². The van der Waals surface area contributed by atoms with Crippen molar-refractivity contribution < 1.29 is 27.8 Å². The van der Waals surface area contributed by atoms with Crippen LogP contribution in [0, 0.1) is 0 Å². The standard InChI is InChI=1S/C19H25F2NO4/c1-17(2,3)26-16(24)22-18(9-11-19(20,21)12-10-18)15(23)25-13-14-7-5-4-6-8-14/h4-8H,9-13H2,1-3H3,(H,22,24). The van der Waals surface area contributed by atoms with Gasteiger partial charge in [-0.3, -0.25) is 0 Å². The molecule has 26 heavy (non-hydrogen) atoms. The lowest BCUT2D eigenvalue weighted by molar-refractivity contribution is -0.158. The van der Waals surface area contributed by atoms with Crippen molar-refractivity contribution in [1.82, 2.24) is 5.32 Å². The van der Waals surface area contributed by atoms with E-state index in [1.165, 1.54) is 0 Å². The largest absolute Gasteiger partial charge is 0.459 e. The van der Waals surface area contributed by atoms with E-state index in [9.17, 15) is 18.4 Å². The Hall–Kier alpha value is -2.18. The van der Waals surface area contributed by atoms with E-state index in [0.29, 0.717) is 0 Å². The number of alkyl carbamates (subject to hydrolysis) is 1. The summed E-state index contributed by atoms with van der Waals surface area (Å²) in [4.78, 5) is 24.8. The Labute approximate surface area is 152 Å². The summed E-state index contributed by atoms with van der Waals surface area (Å²) in [6, 6.07) is 9.02. The second kappa shape index (κ2) is 7.60. The monoisotopic (exact) mass is 369 g/mol. The minimum Gasteiger partial charge on any atom is -0.459 e. The van der Waals surface area contributed by atoms with Crippen LogP contribution in [0.2, 0.25) is 0 Å². The van der Waals surface area contributed by atoms with Crippen LogP contribution in [0.5, 0.6) is 0 Å². The van der Waals surface area contributed by atoms with E-state index in [0.717, 1.165) is 5.56 Å². The lowest BCUT2D eigenvalue weighted by atomic mass is 9.80. The maximum Gasteiger partial charge on any atom is 0.408 e. The van der Waals surface area contributed by atoms with Gasteiger partial charge < -0.3 is 14.8 Å². The average molecular weight is 369 g/mol. The summed E-state index contributed by atoms with van der Waals surface area (Å²) in [5, 5.41) is 2.49. The molecule has 0 aliphatic heterocycles. The highest BCUT2D eigenvalue weighted by Gasteiger charge is 2.50. The summed E-state index contributed by atoms with van der Waals surface area (Å²) in [5.74, 6) is -3.57. The molecule has 144 valence electrons. The maximum atomic E-state index is 13.6. The van der Waals surface area contributed by atoms with Crippen molar-refractivity contribution in [1.29, 1.82) is 0 Å². The van der Waals surface area contributed by atoms with Crippen LogP contribution in [0.4, 0.5) is 13.6 Å². The number of carbonyl (C=O) groups excluding carboxylic acids is 2. The molecule has 0 unspecified atom stereocenters. The third-order valence-electron chi connectivity index (χ3n) is 4.18. The maximum absolute atomic E-state index is 13.6. The molecule has 7 heteroatoms.